The molecule has 0 aliphatic rings. The van der Waals surface area contributed by atoms with Gasteiger partial charge < -0.3 is 19.9 Å². The van der Waals surface area contributed by atoms with E-state index >= 15 is 0 Å². The van der Waals surface area contributed by atoms with E-state index < -0.39 is 0 Å². The van der Waals surface area contributed by atoms with Crippen LogP contribution in [0.3, 0.4) is 0 Å². The molecule has 4 nitrogen and oxygen atoms in total. The third-order valence-corrected chi connectivity index (χ3v) is 4.84. The Kier molecular flexibility index (Phi) is 8.99. The van der Waals surface area contributed by atoms with Gasteiger partial charge in [0, 0.05) is 5.92 Å². The van der Waals surface area contributed by atoms with Crippen LogP contribution in [-0.2, 0) is 6.42 Å². The monoisotopic (exact) mass is 371 g/mol. The van der Waals surface area contributed by atoms with Gasteiger partial charge in [-0.15, -0.1) is 0 Å². The zero-order valence-corrected chi connectivity index (χ0v) is 16.9. The molecule has 0 aromatic heterocycles. The zero-order chi connectivity index (χ0) is 19.5. The lowest BCUT2D eigenvalue weighted by atomic mass is 9.92. The van der Waals surface area contributed by atoms with E-state index in [1.165, 1.54) is 24.8 Å². The highest BCUT2D eigenvalue weighted by atomic mass is 16.5. The fourth-order valence-corrected chi connectivity index (χ4v) is 3.17. The summed E-state index contributed by atoms with van der Waals surface area (Å²) < 4.78 is 16.6. The molecular weight excluding hydrogens is 338 g/mol. The molecule has 2 aromatic carbocycles. The van der Waals surface area contributed by atoms with Crippen molar-refractivity contribution in [3.05, 3.63) is 53.6 Å². The number of hydrogen-bond acceptors (Lipinski definition) is 4. The van der Waals surface area contributed by atoms with Gasteiger partial charge in [0.2, 0.25) is 0 Å². The fourth-order valence-electron chi connectivity index (χ4n) is 3.17. The Morgan fingerprint density at radius 1 is 0.889 bits per heavy atom. The van der Waals surface area contributed by atoms with Gasteiger partial charge in [0.15, 0.2) is 11.5 Å². The Balaban J connectivity index is 1.96. The summed E-state index contributed by atoms with van der Waals surface area (Å²) in [7, 11) is 3.30. The van der Waals surface area contributed by atoms with E-state index in [-0.39, 0.29) is 5.92 Å². The average Bonchev–Trinajstić information content (AvgIpc) is 2.72. The number of nitrogens with two attached hydrogens (primary N) is 1. The molecule has 0 spiro atoms. The summed E-state index contributed by atoms with van der Waals surface area (Å²) in [5.74, 6) is 2.63. The molecule has 0 aliphatic heterocycles. The van der Waals surface area contributed by atoms with Crippen LogP contribution < -0.4 is 19.9 Å². The van der Waals surface area contributed by atoms with E-state index in [9.17, 15) is 0 Å². The van der Waals surface area contributed by atoms with Crippen molar-refractivity contribution in [1.82, 2.24) is 0 Å². The topological polar surface area (TPSA) is 53.7 Å². The fraction of sp³-hybridized carbons (Fsp3) is 0.478. The molecule has 0 radical (unpaired) electrons. The van der Waals surface area contributed by atoms with Gasteiger partial charge in [-0.1, -0.05) is 44.4 Å². The molecule has 2 N–H and O–H groups in total. The molecule has 148 valence electrons. The van der Waals surface area contributed by atoms with E-state index in [1.807, 2.05) is 12.1 Å². The molecule has 2 aromatic rings. The summed E-state index contributed by atoms with van der Waals surface area (Å²) in [6.07, 6.45) is 5.75. The van der Waals surface area contributed by atoms with Gasteiger partial charge in [-0.05, 0) is 54.8 Å². The highest BCUT2D eigenvalue weighted by molar-refractivity contribution is 5.44. The molecule has 1 atom stereocenters. The first-order valence-corrected chi connectivity index (χ1v) is 9.85. The number of unbranched alkanes of at least 4 members (excludes halogenated alkanes) is 3. The van der Waals surface area contributed by atoms with Crippen LogP contribution in [0.5, 0.6) is 17.2 Å². The first kappa shape index (κ1) is 21.1. The van der Waals surface area contributed by atoms with Gasteiger partial charge in [-0.2, -0.15) is 0 Å². The van der Waals surface area contributed by atoms with Gasteiger partial charge >= 0.3 is 0 Å². The van der Waals surface area contributed by atoms with Gasteiger partial charge in [-0.3, -0.25) is 0 Å². The zero-order valence-electron chi connectivity index (χ0n) is 16.9. The number of benzene rings is 2. The maximum atomic E-state index is 6.05. The minimum Gasteiger partial charge on any atom is -0.494 e. The van der Waals surface area contributed by atoms with E-state index in [2.05, 4.69) is 37.3 Å². The van der Waals surface area contributed by atoms with Crippen LogP contribution in [0.4, 0.5) is 0 Å². The van der Waals surface area contributed by atoms with Gasteiger partial charge in [0.05, 0.1) is 20.8 Å². The van der Waals surface area contributed by atoms with Crippen molar-refractivity contribution in [2.24, 2.45) is 5.73 Å². The van der Waals surface area contributed by atoms with Crippen molar-refractivity contribution in [1.29, 1.82) is 0 Å². The average molecular weight is 372 g/mol. The van der Waals surface area contributed by atoms with Crippen molar-refractivity contribution >= 4 is 0 Å². The standard InChI is InChI=1S/C23H33NO3/c1-4-5-6-7-14-27-21-11-8-18(9-12-21)15-20(17-24)19-10-13-22(25-2)23(16-19)26-3/h8-13,16,20H,4-7,14-15,17,24H2,1-3H3. The van der Waals surface area contributed by atoms with Crippen LogP contribution in [0.15, 0.2) is 42.5 Å². The Morgan fingerprint density at radius 3 is 2.26 bits per heavy atom. The molecule has 0 heterocycles. The lowest BCUT2D eigenvalue weighted by Crippen LogP contribution is -2.15. The third-order valence-electron chi connectivity index (χ3n) is 4.84. The molecule has 0 fully saturated rings. The van der Waals surface area contributed by atoms with Crippen LogP contribution in [0.2, 0.25) is 0 Å². The Morgan fingerprint density at radius 2 is 1.63 bits per heavy atom. The molecule has 0 saturated heterocycles. The molecule has 0 amide bonds. The van der Waals surface area contributed by atoms with Crippen molar-refractivity contribution in [2.45, 2.75) is 44.9 Å². The van der Waals surface area contributed by atoms with E-state index in [0.29, 0.717) is 6.54 Å². The second-order valence-corrected chi connectivity index (χ2v) is 6.80. The predicted molar refractivity (Wildman–Crippen MR) is 111 cm³/mol. The summed E-state index contributed by atoms with van der Waals surface area (Å²) in [6.45, 7) is 3.58. The Labute approximate surface area is 163 Å². The third kappa shape index (κ3) is 6.47. The quantitative estimate of drug-likeness (QED) is 0.537. The molecule has 4 heteroatoms. The number of methoxy groups -OCH3 is 2. The molecule has 1 unspecified atom stereocenters. The van der Waals surface area contributed by atoms with Crippen molar-refractivity contribution in [3.8, 4) is 17.2 Å². The molecule has 0 bridgehead atoms. The summed E-state index contributed by atoms with van der Waals surface area (Å²) in [4.78, 5) is 0. The van der Waals surface area contributed by atoms with E-state index in [0.717, 1.165) is 42.3 Å². The summed E-state index contributed by atoms with van der Waals surface area (Å²) >= 11 is 0. The second-order valence-electron chi connectivity index (χ2n) is 6.80. The largest absolute Gasteiger partial charge is 0.494 e. The highest BCUT2D eigenvalue weighted by Gasteiger charge is 2.14. The predicted octanol–water partition coefficient (Wildman–Crippen LogP) is 4.95. The van der Waals surface area contributed by atoms with E-state index in [4.69, 9.17) is 19.9 Å². The SMILES string of the molecule is CCCCCCOc1ccc(CC(CN)c2ccc(OC)c(OC)c2)cc1. The van der Waals surface area contributed by atoms with Gasteiger partial charge in [0.1, 0.15) is 5.75 Å². The summed E-state index contributed by atoms with van der Waals surface area (Å²) in [5.41, 5.74) is 8.46. The van der Waals surface area contributed by atoms with Crippen molar-refractivity contribution in [3.63, 3.8) is 0 Å². The molecule has 27 heavy (non-hydrogen) atoms. The van der Waals surface area contributed by atoms with Crippen LogP contribution in [0, 0.1) is 0 Å². The summed E-state index contributed by atoms with van der Waals surface area (Å²) in [6, 6.07) is 14.4. The number of ether oxygens (including phenoxy) is 3. The molecule has 0 aliphatic carbocycles. The number of hydrogen-bond donors (Lipinski definition) is 1. The van der Waals surface area contributed by atoms with Crippen LogP contribution in [0.1, 0.15) is 49.7 Å². The first-order valence-electron chi connectivity index (χ1n) is 9.85. The lowest BCUT2D eigenvalue weighted by Gasteiger charge is -2.18. The van der Waals surface area contributed by atoms with Gasteiger partial charge in [-0.25, -0.2) is 0 Å². The first-order chi connectivity index (χ1) is 13.2. The molecule has 0 saturated carbocycles. The summed E-state index contributed by atoms with van der Waals surface area (Å²) in [5, 5.41) is 0. The maximum absolute atomic E-state index is 6.05. The normalized spacial score (nSPS) is 11.9. The van der Waals surface area contributed by atoms with Crippen molar-refractivity contribution < 1.29 is 14.2 Å². The Bertz CT molecular complexity index is 670. The minimum atomic E-state index is 0.227. The van der Waals surface area contributed by atoms with Crippen LogP contribution >= 0.6 is 0 Å². The minimum absolute atomic E-state index is 0.227. The molecule has 2 rings (SSSR count). The van der Waals surface area contributed by atoms with Gasteiger partial charge in [0.25, 0.3) is 0 Å². The smallest absolute Gasteiger partial charge is 0.160 e. The maximum Gasteiger partial charge on any atom is 0.160 e. The Hall–Kier alpha value is -2.20. The highest BCUT2D eigenvalue weighted by Crippen LogP contribution is 2.31. The lowest BCUT2D eigenvalue weighted by molar-refractivity contribution is 0.305. The second kappa shape index (κ2) is 11.5. The van der Waals surface area contributed by atoms with Crippen LogP contribution in [0.25, 0.3) is 0 Å². The van der Waals surface area contributed by atoms with Crippen molar-refractivity contribution in [2.75, 3.05) is 27.4 Å². The molecular formula is C23H33NO3. The van der Waals surface area contributed by atoms with Crippen LogP contribution in [-0.4, -0.2) is 27.4 Å². The van der Waals surface area contributed by atoms with E-state index in [1.54, 1.807) is 14.2 Å². The number of rotatable bonds is 12.